The van der Waals surface area contributed by atoms with Crippen LogP contribution < -0.4 is 4.90 Å². The van der Waals surface area contributed by atoms with Crippen molar-refractivity contribution in [1.29, 1.82) is 0 Å². The van der Waals surface area contributed by atoms with Gasteiger partial charge in [0, 0.05) is 38.9 Å². The van der Waals surface area contributed by atoms with E-state index in [-0.39, 0.29) is 0 Å². The average Bonchev–Trinajstić information content (AvgIpc) is 2.57. The Morgan fingerprint density at radius 2 is 1.77 bits per heavy atom. The molecule has 1 atom stereocenters. The number of hydrogen-bond acceptors (Lipinski definition) is 4. The van der Waals surface area contributed by atoms with Gasteiger partial charge in [-0.1, -0.05) is 30.3 Å². The first kappa shape index (κ1) is 15.0. The number of piperazine rings is 1. The summed E-state index contributed by atoms with van der Waals surface area (Å²) in [4.78, 5) is 9.23. The van der Waals surface area contributed by atoms with Crippen LogP contribution in [0.4, 0.5) is 5.82 Å². The minimum atomic E-state index is -0.393. The van der Waals surface area contributed by atoms with Crippen molar-refractivity contribution in [2.24, 2.45) is 0 Å². The molecule has 0 aliphatic carbocycles. The molecule has 0 amide bonds. The summed E-state index contributed by atoms with van der Waals surface area (Å²) in [6.45, 7) is 6.90. The highest BCUT2D eigenvalue weighted by atomic mass is 16.3. The van der Waals surface area contributed by atoms with Gasteiger partial charge in [0.1, 0.15) is 5.82 Å². The molecule has 1 aliphatic rings. The van der Waals surface area contributed by atoms with Gasteiger partial charge in [-0.2, -0.15) is 0 Å². The van der Waals surface area contributed by atoms with Gasteiger partial charge in [0.05, 0.1) is 6.10 Å². The summed E-state index contributed by atoms with van der Waals surface area (Å²) in [7, 11) is 0. The van der Waals surface area contributed by atoms with Crippen LogP contribution in [0.2, 0.25) is 0 Å². The molecule has 2 heterocycles. The Balaban J connectivity index is 1.53. The predicted molar refractivity (Wildman–Crippen MR) is 88.8 cm³/mol. The van der Waals surface area contributed by atoms with Gasteiger partial charge in [0.25, 0.3) is 0 Å². The number of aliphatic hydroxyl groups excluding tert-OH is 1. The normalized spacial score (nSPS) is 17.5. The average molecular weight is 297 g/mol. The molecule has 4 nitrogen and oxygen atoms in total. The molecule has 1 aliphatic heterocycles. The van der Waals surface area contributed by atoms with Crippen molar-refractivity contribution >= 4 is 5.82 Å². The van der Waals surface area contributed by atoms with E-state index in [1.54, 1.807) is 6.92 Å². The van der Waals surface area contributed by atoms with E-state index in [4.69, 9.17) is 0 Å². The second-order valence-electron chi connectivity index (χ2n) is 5.87. The molecule has 1 aromatic heterocycles. The van der Waals surface area contributed by atoms with Gasteiger partial charge in [0.15, 0.2) is 0 Å². The predicted octanol–water partition coefficient (Wildman–Crippen LogP) is 2.46. The van der Waals surface area contributed by atoms with Crippen molar-refractivity contribution < 1.29 is 5.11 Å². The van der Waals surface area contributed by atoms with Crippen LogP contribution >= 0.6 is 0 Å². The molecule has 0 bridgehead atoms. The van der Waals surface area contributed by atoms with Crippen LogP contribution in [0, 0.1) is 0 Å². The Hall–Kier alpha value is -1.91. The molecule has 2 aromatic rings. The monoisotopic (exact) mass is 297 g/mol. The fraction of sp³-hybridized carbons (Fsp3) is 0.389. The van der Waals surface area contributed by atoms with Gasteiger partial charge in [-0.05, 0) is 30.2 Å². The molecular weight excluding hydrogens is 274 g/mol. The van der Waals surface area contributed by atoms with Crippen LogP contribution in [-0.4, -0.2) is 41.2 Å². The largest absolute Gasteiger partial charge is 0.389 e. The zero-order chi connectivity index (χ0) is 15.4. The summed E-state index contributed by atoms with van der Waals surface area (Å²) in [5.74, 6) is 1.07. The number of aromatic nitrogens is 1. The highest BCUT2D eigenvalue weighted by molar-refractivity contribution is 5.38. The van der Waals surface area contributed by atoms with Crippen LogP contribution in [-0.2, 0) is 6.54 Å². The van der Waals surface area contributed by atoms with Crippen molar-refractivity contribution in [2.75, 3.05) is 31.1 Å². The Morgan fingerprint density at radius 1 is 1.05 bits per heavy atom. The molecule has 1 fully saturated rings. The molecule has 1 unspecified atom stereocenters. The number of benzene rings is 1. The molecular formula is C18H23N3O. The second-order valence-corrected chi connectivity index (χ2v) is 5.87. The highest BCUT2D eigenvalue weighted by Crippen LogP contribution is 2.16. The molecule has 0 radical (unpaired) electrons. The van der Waals surface area contributed by atoms with E-state index in [1.807, 2.05) is 30.5 Å². The van der Waals surface area contributed by atoms with Gasteiger partial charge in [-0.15, -0.1) is 0 Å². The van der Waals surface area contributed by atoms with Gasteiger partial charge in [-0.3, -0.25) is 4.90 Å². The van der Waals surface area contributed by atoms with E-state index in [9.17, 15) is 5.11 Å². The maximum absolute atomic E-state index is 9.55. The van der Waals surface area contributed by atoms with E-state index in [2.05, 4.69) is 33.0 Å². The first-order chi connectivity index (χ1) is 10.7. The topological polar surface area (TPSA) is 39.6 Å². The van der Waals surface area contributed by atoms with Crippen LogP contribution in [0.1, 0.15) is 24.2 Å². The third-order valence-corrected chi connectivity index (χ3v) is 4.21. The van der Waals surface area contributed by atoms with E-state index >= 15 is 0 Å². The van der Waals surface area contributed by atoms with Crippen molar-refractivity contribution in [2.45, 2.75) is 19.6 Å². The lowest BCUT2D eigenvalue weighted by Crippen LogP contribution is -2.46. The fourth-order valence-electron chi connectivity index (χ4n) is 2.84. The molecule has 3 rings (SSSR count). The summed E-state index contributed by atoms with van der Waals surface area (Å²) in [6, 6.07) is 14.3. The smallest absolute Gasteiger partial charge is 0.128 e. The minimum absolute atomic E-state index is 0.393. The van der Waals surface area contributed by atoms with E-state index in [1.165, 1.54) is 5.56 Å². The lowest BCUT2D eigenvalue weighted by atomic mass is 10.1. The quantitative estimate of drug-likeness (QED) is 0.941. The zero-order valence-electron chi connectivity index (χ0n) is 13.0. The second kappa shape index (κ2) is 6.90. The van der Waals surface area contributed by atoms with E-state index in [0.717, 1.165) is 44.1 Å². The van der Waals surface area contributed by atoms with Crippen molar-refractivity contribution in [3.05, 3.63) is 59.8 Å². The summed E-state index contributed by atoms with van der Waals surface area (Å²) < 4.78 is 0. The number of rotatable bonds is 4. The Morgan fingerprint density at radius 3 is 2.36 bits per heavy atom. The first-order valence-corrected chi connectivity index (χ1v) is 7.87. The maximum atomic E-state index is 9.55. The van der Waals surface area contributed by atoms with Gasteiger partial charge < -0.3 is 10.0 Å². The van der Waals surface area contributed by atoms with E-state index < -0.39 is 6.10 Å². The summed E-state index contributed by atoms with van der Waals surface area (Å²) >= 11 is 0. The lowest BCUT2D eigenvalue weighted by molar-refractivity contribution is 0.199. The molecule has 22 heavy (non-hydrogen) atoms. The van der Waals surface area contributed by atoms with Gasteiger partial charge in [-0.25, -0.2) is 4.98 Å². The third-order valence-electron chi connectivity index (χ3n) is 4.21. The summed E-state index contributed by atoms with van der Waals surface area (Å²) in [5, 5.41) is 9.55. The molecule has 1 saturated heterocycles. The number of nitrogens with zero attached hydrogens (tertiary/aromatic N) is 3. The molecule has 0 spiro atoms. The molecule has 1 aromatic carbocycles. The number of pyridine rings is 1. The van der Waals surface area contributed by atoms with Crippen molar-refractivity contribution in [1.82, 2.24) is 9.88 Å². The lowest BCUT2D eigenvalue weighted by Gasteiger charge is -2.35. The number of hydrogen-bond donors (Lipinski definition) is 1. The van der Waals surface area contributed by atoms with Crippen LogP contribution in [0.5, 0.6) is 0 Å². The minimum Gasteiger partial charge on any atom is -0.389 e. The van der Waals surface area contributed by atoms with Crippen molar-refractivity contribution in [3.63, 3.8) is 0 Å². The molecule has 116 valence electrons. The Labute approximate surface area is 132 Å². The number of aliphatic hydroxyl groups is 1. The maximum Gasteiger partial charge on any atom is 0.128 e. The third kappa shape index (κ3) is 3.64. The standard InChI is InChI=1S/C18H23N3O/c1-15(22)17-7-5-16(6-8-17)14-20-10-12-21(13-11-20)18-4-2-3-9-19-18/h2-9,15,22H,10-14H2,1H3. The molecule has 0 saturated carbocycles. The van der Waals surface area contributed by atoms with Crippen LogP contribution in [0.25, 0.3) is 0 Å². The van der Waals surface area contributed by atoms with Crippen LogP contribution in [0.3, 0.4) is 0 Å². The first-order valence-electron chi connectivity index (χ1n) is 7.87. The molecule has 4 heteroatoms. The molecule has 1 N–H and O–H groups in total. The highest BCUT2D eigenvalue weighted by Gasteiger charge is 2.17. The Kier molecular flexibility index (Phi) is 4.71. The fourth-order valence-corrected chi connectivity index (χ4v) is 2.84. The Bertz CT molecular complexity index is 575. The van der Waals surface area contributed by atoms with Gasteiger partial charge >= 0.3 is 0 Å². The SMILES string of the molecule is CC(O)c1ccc(CN2CCN(c3ccccn3)CC2)cc1. The zero-order valence-corrected chi connectivity index (χ0v) is 13.0. The van der Waals surface area contributed by atoms with Crippen molar-refractivity contribution in [3.8, 4) is 0 Å². The van der Waals surface area contributed by atoms with Crippen LogP contribution in [0.15, 0.2) is 48.7 Å². The van der Waals surface area contributed by atoms with E-state index in [0.29, 0.717) is 0 Å². The van der Waals surface area contributed by atoms with Gasteiger partial charge in [0.2, 0.25) is 0 Å². The summed E-state index contributed by atoms with van der Waals surface area (Å²) in [5.41, 5.74) is 2.28. The number of anilines is 1. The summed E-state index contributed by atoms with van der Waals surface area (Å²) in [6.07, 6.45) is 1.46.